The van der Waals surface area contributed by atoms with Crippen molar-refractivity contribution in [1.82, 2.24) is 4.98 Å². The molecule has 1 heterocycles. The van der Waals surface area contributed by atoms with E-state index < -0.39 is 0 Å². The van der Waals surface area contributed by atoms with Gasteiger partial charge in [0.1, 0.15) is 12.1 Å². The lowest BCUT2D eigenvalue weighted by atomic mass is 9.91. The van der Waals surface area contributed by atoms with Crippen molar-refractivity contribution in [3.63, 3.8) is 0 Å². The van der Waals surface area contributed by atoms with Gasteiger partial charge in [-0.15, -0.1) is 0 Å². The molecule has 3 rings (SSSR count). The first kappa shape index (κ1) is 17.7. The Morgan fingerprint density at radius 3 is 2.27 bits per heavy atom. The first-order valence-corrected chi connectivity index (χ1v) is 8.58. The summed E-state index contributed by atoms with van der Waals surface area (Å²) >= 11 is 0. The summed E-state index contributed by atoms with van der Waals surface area (Å²) < 4.78 is 13.4. The molecule has 0 N–H and O–H groups in total. The van der Waals surface area contributed by atoms with E-state index in [1.54, 1.807) is 18.2 Å². The van der Waals surface area contributed by atoms with Crippen LogP contribution in [0.1, 0.15) is 30.9 Å². The molecule has 3 aromatic rings. The van der Waals surface area contributed by atoms with Gasteiger partial charge < -0.3 is 0 Å². The third-order valence-corrected chi connectivity index (χ3v) is 4.24. The number of hydrogen-bond donors (Lipinski definition) is 0. The Kier molecular flexibility index (Phi) is 5.37. The second-order valence-electron chi connectivity index (χ2n) is 6.38. The Labute approximate surface area is 153 Å². The first-order chi connectivity index (χ1) is 12.6. The molecule has 0 spiro atoms. The van der Waals surface area contributed by atoms with Gasteiger partial charge in [0.15, 0.2) is 0 Å². The average Bonchev–Trinajstić information content (AvgIpc) is 2.67. The monoisotopic (exact) mass is 345 g/mol. The van der Waals surface area contributed by atoms with Crippen molar-refractivity contribution in [2.75, 3.05) is 0 Å². The number of halogens is 1. The van der Waals surface area contributed by atoms with E-state index >= 15 is 0 Å². The summed E-state index contributed by atoms with van der Waals surface area (Å²) in [4.78, 5) is 15.7. The Balaban J connectivity index is 2.30. The topological polar surface area (TPSA) is 30.0 Å². The maximum absolute atomic E-state index is 13.4. The minimum atomic E-state index is -0.290. The highest BCUT2D eigenvalue weighted by molar-refractivity contribution is 5.82. The van der Waals surface area contributed by atoms with Crippen molar-refractivity contribution in [2.45, 2.75) is 19.8 Å². The zero-order valence-electron chi connectivity index (χ0n) is 14.8. The summed E-state index contributed by atoms with van der Waals surface area (Å²) in [5.74, 6) is -0.0482. The van der Waals surface area contributed by atoms with Crippen LogP contribution < -0.4 is 0 Å². The van der Waals surface area contributed by atoms with Gasteiger partial charge >= 0.3 is 0 Å². The van der Waals surface area contributed by atoms with Crippen LogP contribution in [0.2, 0.25) is 0 Å². The number of allylic oxidation sites excluding steroid dienone is 1. The third kappa shape index (κ3) is 3.77. The van der Waals surface area contributed by atoms with Crippen LogP contribution in [0.15, 0.2) is 66.7 Å². The molecule has 2 nitrogen and oxygen atoms in total. The largest absolute Gasteiger partial charge is 0.299 e. The van der Waals surface area contributed by atoms with Crippen LogP contribution in [0.5, 0.6) is 0 Å². The molecular weight excluding hydrogens is 325 g/mol. The van der Waals surface area contributed by atoms with Crippen LogP contribution >= 0.6 is 0 Å². The summed E-state index contributed by atoms with van der Waals surface area (Å²) in [6.45, 7) is 4.22. The number of benzene rings is 2. The first-order valence-electron chi connectivity index (χ1n) is 8.58. The molecule has 0 radical (unpaired) electrons. The third-order valence-electron chi connectivity index (χ3n) is 4.24. The molecule has 1 aromatic heterocycles. The Morgan fingerprint density at radius 2 is 1.65 bits per heavy atom. The SMILES string of the molecule is CC(C)c1cc(-c2ccccc2)nc(-c2ccc(F)cc2)c1/C=C/C=O. The van der Waals surface area contributed by atoms with Crippen molar-refractivity contribution < 1.29 is 9.18 Å². The van der Waals surface area contributed by atoms with Crippen molar-refractivity contribution in [1.29, 1.82) is 0 Å². The Hall–Kier alpha value is -3.07. The summed E-state index contributed by atoms with van der Waals surface area (Å²) in [6, 6.07) is 18.3. The highest BCUT2D eigenvalue weighted by atomic mass is 19.1. The lowest BCUT2D eigenvalue weighted by Gasteiger charge is -2.17. The fraction of sp³-hybridized carbons (Fsp3) is 0.130. The molecule has 0 aliphatic rings. The summed E-state index contributed by atoms with van der Waals surface area (Å²) in [7, 11) is 0. The Morgan fingerprint density at radius 1 is 0.962 bits per heavy atom. The van der Waals surface area contributed by atoms with Gasteiger partial charge in [0.25, 0.3) is 0 Å². The van der Waals surface area contributed by atoms with E-state index in [4.69, 9.17) is 4.98 Å². The van der Waals surface area contributed by atoms with Gasteiger partial charge in [-0.3, -0.25) is 4.79 Å². The molecule has 0 fully saturated rings. The van der Waals surface area contributed by atoms with Crippen LogP contribution in [0.3, 0.4) is 0 Å². The van der Waals surface area contributed by atoms with Gasteiger partial charge in [-0.1, -0.05) is 44.2 Å². The van der Waals surface area contributed by atoms with Crippen LogP contribution in [0, 0.1) is 5.82 Å². The van der Waals surface area contributed by atoms with Crippen molar-refractivity contribution in [2.24, 2.45) is 0 Å². The summed E-state index contributed by atoms with van der Waals surface area (Å²) in [6.07, 6.45) is 4.00. The molecule has 0 saturated carbocycles. The molecule has 2 aromatic carbocycles. The van der Waals surface area contributed by atoms with Gasteiger partial charge in [-0.25, -0.2) is 9.37 Å². The highest BCUT2D eigenvalue weighted by Crippen LogP contribution is 2.33. The number of nitrogens with zero attached hydrogens (tertiary/aromatic N) is 1. The van der Waals surface area contributed by atoms with Gasteiger partial charge in [-0.2, -0.15) is 0 Å². The molecule has 0 unspecified atom stereocenters. The highest BCUT2D eigenvalue weighted by Gasteiger charge is 2.16. The minimum absolute atomic E-state index is 0.242. The summed E-state index contributed by atoms with van der Waals surface area (Å²) in [5, 5.41) is 0. The standard InChI is InChI=1S/C23H20FNO/c1-16(2)21-15-22(17-7-4-3-5-8-17)25-23(20(21)9-6-14-26)18-10-12-19(24)13-11-18/h3-16H,1-2H3/b9-6+. The maximum Gasteiger partial charge on any atom is 0.142 e. The van der Waals surface area contributed by atoms with Crippen LogP contribution in [-0.4, -0.2) is 11.3 Å². The number of rotatable bonds is 5. The fourth-order valence-corrected chi connectivity index (χ4v) is 2.95. The van der Waals surface area contributed by atoms with Crippen molar-refractivity contribution >= 4 is 12.4 Å². The van der Waals surface area contributed by atoms with Gasteiger partial charge in [0, 0.05) is 16.7 Å². The van der Waals surface area contributed by atoms with E-state index in [-0.39, 0.29) is 11.7 Å². The predicted molar refractivity (Wildman–Crippen MR) is 104 cm³/mol. The predicted octanol–water partition coefficient (Wildman–Crippen LogP) is 5.89. The normalized spacial score (nSPS) is 11.2. The molecule has 26 heavy (non-hydrogen) atoms. The maximum atomic E-state index is 13.4. The van der Waals surface area contributed by atoms with Gasteiger partial charge in [0.2, 0.25) is 0 Å². The molecule has 0 atom stereocenters. The average molecular weight is 345 g/mol. The molecule has 0 amide bonds. The van der Waals surface area contributed by atoms with Crippen LogP contribution in [-0.2, 0) is 4.79 Å². The molecule has 130 valence electrons. The Bertz CT molecular complexity index is 928. The van der Waals surface area contributed by atoms with E-state index in [1.807, 2.05) is 30.3 Å². The second kappa shape index (κ2) is 7.87. The number of carbonyl (C=O) groups excluding carboxylic acids is 1. The fourth-order valence-electron chi connectivity index (χ4n) is 2.95. The quantitative estimate of drug-likeness (QED) is 0.426. The molecule has 0 aliphatic carbocycles. The molecule has 0 bridgehead atoms. The van der Waals surface area contributed by atoms with E-state index in [1.165, 1.54) is 18.2 Å². The number of pyridine rings is 1. The zero-order chi connectivity index (χ0) is 18.5. The number of hydrogen-bond acceptors (Lipinski definition) is 2. The number of carbonyl (C=O) groups is 1. The number of aldehydes is 1. The number of aromatic nitrogens is 1. The lowest BCUT2D eigenvalue weighted by Crippen LogP contribution is -2.00. The summed E-state index contributed by atoms with van der Waals surface area (Å²) in [5.41, 5.74) is 5.42. The smallest absolute Gasteiger partial charge is 0.142 e. The van der Waals surface area contributed by atoms with E-state index in [9.17, 15) is 9.18 Å². The van der Waals surface area contributed by atoms with Crippen LogP contribution in [0.25, 0.3) is 28.6 Å². The van der Waals surface area contributed by atoms with Crippen molar-refractivity contribution in [3.05, 3.63) is 83.7 Å². The van der Waals surface area contributed by atoms with Gasteiger partial charge in [0.05, 0.1) is 11.4 Å². The van der Waals surface area contributed by atoms with E-state index in [0.717, 1.165) is 39.9 Å². The zero-order valence-corrected chi connectivity index (χ0v) is 14.8. The minimum Gasteiger partial charge on any atom is -0.299 e. The second-order valence-corrected chi connectivity index (χ2v) is 6.38. The van der Waals surface area contributed by atoms with E-state index in [0.29, 0.717) is 0 Å². The molecule has 3 heteroatoms. The van der Waals surface area contributed by atoms with Gasteiger partial charge in [-0.05, 0) is 54.0 Å². The van der Waals surface area contributed by atoms with Crippen molar-refractivity contribution in [3.8, 4) is 22.5 Å². The lowest BCUT2D eigenvalue weighted by molar-refractivity contribution is -0.104. The van der Waals surface area contributed by atoms with E-state index in [2.05, 4.69) is 19.9 Å². The molecule has 0 saturated heterocycles. The molecular formula is C23H20FNO. The van der Waals surface area contributed by atoms with Crippen LogP contribution in [0.4, 0.5) is 4.39 Å². The molecule has 0 aliphatic heterocycles.